The Hall–Kier alpha value is -3.32. The molecule has 0 bridgehead atoms. The first-order chi connectivity index (χ1) is 13.1. The zero-order valence-corrected chi connectivity index (χ0v) is 15.1. The largest absolute Gasteiger partial charge is 0.462 e. The lowest BCUT2D eigenvalue weighted by Crippen LogP contribution is -2.29. The highest BCUT2D eigenvalue weighted by Gasteiger charge is 2.10. The van der Waals surface area contributed by atoms with E-state index in [9.17, 15) is 0 Å². The van der Waals surface area contributed by atoms with Crippen LogP contribution in [-0.2, 0) is 4.74 Å². The lowest BCUT2D eigenvalue weighted by atomic mass is 10.1. The summed E-state index contributed by atoms with van der Waals surface area (Å²) in [6, 6.07) is 11.4. The number of allylic oxidation sites excluding steroid dienone is 6. The van der Waals surface area contributed by atoms with E-state index in [1.54, 1.807) is 25.2 Å². The summed E-state index contributed by atoms with van der Waals surface area (Å²) >= 11 is 0. The lowest BCUT2D eigenvalue weighted by molar-refractivity contribution is 0.281. The van der Waals surface area contributed by atoms with Crippen LogP contribution < -0.4 is 4.90 Å². The maximum Gasteiger partial charge on any atom is 0.137 e. The van der Waals surface area contributed by atoms with Crippen molar-refractivity contribution in [1.82, 2.24) is 0 Å². The van der Waals surface area contributed by atoms with Gasteiger partial charge in [0, 0.05) is 24.4 Å². The van der Waals surface area contributed by atoms with Gasteiger partial charge in [0.05, 0.1) is 13.2 Å². The summed E-state index contributed by atoms with van der Waals surface area (Å²) in [6.07, 6.45) is 6.96. The number of benzene rings is 1. The highest BCUT2D eigenvalue weighted by molar-refractivity contribution is 5.59. The fourth-order valence-corrected chi connectivity index (χ4v) is 2.63. The number of hydrogen-bond acceptors (Lipinski definition) is 6. The number of aliphatic hydroxyl groups is 2. The summed E-state index contributed by atoms with van der Waals surface area (Å²) in [5, 5.41) is 36.3. The first kappa shape index (κ1) is 20.0. The van der Waals surface area contributed by atoms with Crippen molar-refractivity contribution in [2.75, 3.05) is 31.2 Å². The molecule has 1 aliphatic heterocycles. The van der Waals surface area contributed by atoms with Gasteiger partial charge in [0.15, 0.2) is 0 Å². The zero-order chi connectivity index (χ0) is 19.6. The van der Waals surface area contributed by atoms with Gasteiger partial charge >= 0.3 is 0 Å². The Morgan fingerprint density at radius 1 is 1.04 bits per heavy atom. The van der Waals surface area contributed by atoms with Crippen molar-refractivity contribution >= 4 is 11.8 Å². The fourth-order valence-electron chi connectivity index (χ4n) is 2.63. The van der Waals surface area contributed by atoms with Gasteiger partial charge in [-0.15, -0.1) is 0 Å². The Bertz CT molecular complexity index is 843. The quantitative estimate of drug-likeness (QED) is 0.722. The third-order valence-electron chi connectivity index (χ3n) is 3.89. The van der Waals surface area contributed by atoms with Gasteiger partial charge in [0.25, 0.3) is 0 Å². The summed E-state index contributed by atoms with van der Waals surface area (Å²) in [7, 11) is 0. The van der Waals surface area contributed by atoms with Gasteiger partial charge in [-0.1, -0.05) is 18.2 Å². The smallest absolute Gasteiger partial charge is 0.137 e. The van der Waals surface area contributed by atoms with Crippen LogP contribution in [0.25, 0.3) is 6.08 Å². The van der Waals surface area contributed by atoms with E-state index in [1.807, 2.05) is 47.4 Å². The highest BCUT2D eigenvalue weighted by Crippen LogP contribution is 2.23. The van der Waals surface area contributed by atoms with Crippen LogP contribution in [0.2, 0.25) is 0 Å². The van der Waals surface area contributed by atoms with Gasteiger partial charge in [-0.25, -0.2) is 0 Å². The Morgan fingerprint density at radius 2 is 1.67 bits per heavy atom. The van der Waals surface area contributed by atoms with Crippen molar-refractivity contribution in [1.29, 1.82) is 10.5 Å². The first-order valence-electron chi connectivity index (χ1n) is 8.48. The van der Waals surface area contributed by atoms with Crippen molar-refractivity contribution in [3.05, 3.63) is 70.7 Å². The summed E-state index contributed by atoms with van der Waals surface area (Å²) in [6.45, 7) is 2.71. The predicted molar refractivity (Wildman–Crippen MR) is 103 cm³/mol. The van der Waals surface area contributed by atoms with Crippen molar-refractivity contribution in [3.8, 4) is 12.1 Å². The predicted octanol–water partition coefficient (Wildman–Crippen LogP) is 2.65. The maximum absolute atomic E-state index is 9.12. The Labute approximate surface area is 158 Å². The van der Waals surface area contributed by atoms with Crippen LogP contribution >= 0.6 is 0 Å². The number of hydrogen-bond donors (Lipinski definition) is 2. The molecule has 0 aromatic heterocycles. The van der Waals surface area contributed by atoms with E-state index in [0.717, 1.165) is 11.3 Å². The normalized spacial score (nSPS) is 13.3. The standard InChI is InChI=1S/C21H21N3O3/c1-16-12-18(19(14-22)15-23)13-21(27-16)7-4-17-2-5-20(6-3-17)24(8-10-25)9-11-26/h2-7,12-13,25-26H,8-11H2,1H3. The molecule has 6 nitrogen and oxygen atoms in total. The third kappa shape index (κ3) is 5.58. The summed E-state index contributed by atoms with van der Waals surface area (Å²) < 4.78 is 5.62. The molecule has 0 unspecified atom stereocenters. The molecule has 0 aliphatic carbocycles. The first-order valence-corrected chi connectivity index (χ1v) is 8.48. The molecule has 2 rings (SSSR count). The second-order valence-corrected chi connectivity index (χ2v) is 5.82. The van der Waals surface area contributed by atoms with Crippen LogP contribution in [0.15, 0.2) is 65.2 Å². The molecule has 0 fully saturated rings. The minimum atomic E-state index is 0.0171. The molecule has 0 saturated carbocycles. The summed E-state index contributed by atoms with van der Waals surface area (Å²) in [5.41, 5.74) is 2.43. The van der Waals surface area contributed by atoms with Crippen molar-refractivity contribution in [2.24, 2.45) is 0 Å². The molecule has 0 atom stereocenters. The van der Waals surface area contributed by atoms with Gasteiger partial charge in [-0.2, -0.15) is 10.5 Å². The number of nitriles is 2. The molecule has 1 heterocycles. The molecule has 1 aromatic carbocycles. The maximum atomic E-state index is 9.12. The topological polar surface area (TPSA) is 101 Å². The van der Waals surface area contributed by atoms with Crippen molar-refractivity contribution < 1.29 is 14.9 Å². The SMILES string of the molecule is CC1=CC(=C(C#N)C#N)C=C(C=Cc2ccc(N(CCO)CCO)cc2)O1. The molecule has 138 valence electrons. The molecule has 0 spiro atoms. The summed E-state index contributed by atoms with van der Waals surface area (Å²) in [5.74, 6) is 1.15. The van der Waals surface area contributed by atoms with Crippen LogP contribution in [0.3, 0.4) is 0 Å². The molecular formula is C21H21N3O3. The van der Waals surface area contributed by atoms with Gasteiger partial charge < -0.3 is 19.8 Å². The minimum absolute atomic E-state index is 0.0171. The zero-order valence-electron chi connectivity index (χ0n) is 15.1. The average molecular weight is 363 g/mol. The van der Waals surface area contributed by atoms with Crippen molar-refractivity contribution in [2.45, 2.75) is 6.92 Å². The van der Waals surface area contributed by atoms with Gasteiger partial charge in [-0.3, -0.25) is 0 Å². The second kappa shape index (κ2) is 9.98. The monoisotopic (exact) mass is 363 g/mol. The number of aliphatic hydroxyl groups excluding tert-OH is 2. The fraction of sp³-hybridized carbons (Fsp3) is 0.238. The van der Waals surface area contributed by atoms with E-state index in [2.05, 4.69) is 0 Å². The van der Waals surface area contributed by atoms with E-state index in [1.165, 1.54) is 0 Å². The molecule has 1 aliphatic rings. The third-order valence-corrected chi connectivity index (χ3v) is 3.89. The molecule has 2 N–H and O–H groups in total. The number of nitrogens with zero attached hydrogens (tertiary/aromatic N) is 3. The Kier molecular flexibility index (Phi) is 7.39. The second-order valence-electron chi connectivity index (χ2n) is 5.82. The van der Waals surface area contributed by atoms with Gasteiger partial charge in [0.1, 0.15) is 29.2 Å². The van der Waals surface area contributed by atoms with Crippen LogP contribution in [0.5, 0.6) is 0 Å². The van der Waals surface area contributed by atoms with Crippen LogP contribution in [0.4, 0.5) is 5.69 Å². The minimum Gasteiger partial charge on any atom is -0.462 e. The van der Waals surface area contributed by atoms with E-state index < -0.39 is 0 Å². The number of rotatable bonds is 7. The van der Waals surface area contributed by atoms with E-state index in [0.29, 0.717) is 30.2 Å². The lowest BCUT2D eigenvalue weighted by Gasteiger charge is -2.22. The molecule has 0 radical (unpaired) electrons. The van der Waals surface area contributed by atoms with Crippen LogP contribution in [0.1, 0.15) is 12.5 Å². The molecule has 0 saturated heterocycles. The van der Waals surface area contributed by atoms with Gasteiger partial charge in [0.2, 0.25) is 0 Å². The highest BCUT2D eigenvalue weighted by atomic mass is 16.5. The van der Waals surface area contributed by atoms with E-state index in [-0.39, 0.29) is 18.8 Å². The van der Waals surface area contributed by atoms with E-state index in [4.69, 9.17) is 25.5 Å². The molecular weight excluding hydrogens is 342 g/mol. The molecule has 0 amide bonds. The average Bonchev–Trinajstić information content (AvgIpc) is 2.67. The van der Waals surface area contributed by atoms with E-state index >= 15 is 0 Å². The van der Waals surface area contributed by atoms with Crippen LogP contribution in [-0.4, -0.2) is 36.5 Å². The van der Waals surface area contributed by atoms with Gasteiger partial charge in [-0.05, 0) is 42.8 Å². The van der Waals surface area contributed by atoms with Crippen molar-refractivity contribution in [3.63, 3.8) is 0 Å². The van der Waals surface area contributed by atoms with Crippen LogP contribution in [0, 0.1) is 22.7 Å². The summed E-state index contributed by atoms with van der Waals surface area (Å²) in [4.78, 5) is 1.90. The number of ether oxygens (including phenoxy) is 1. The Balaban J connectivity index is 2.17. The molecule has 27 heavy (non-hydrogen) atoms. The Morgan fingerprint density at radius 3 is 2.22 bits per heavy atom. The molecule has 1 aromatic rings. The number of anilines is 1. The molecule has 6 heteroatoms.